The van der Waals surface area contributed by atoms with E-state index in [-0.39, 0.29) is 0 Å². The van der Waals surface area contributed by atoms with E-state index in [4.69, 9.17) is 10.5 Å². The standard InChI is InChI=1S/C9H15NO.CH3N/c1-4-9(11)7-6-8(3)10-5-2;1-2/h5-7,10-11H,2,4H2,1,3H3;2H,1H2/b8-6+,9-7+;. The number of hydrogen-bond acceptors (Lipinski definition) is 3. The van der Waals surface area contributed by atoms with Crippen molar-refractivity contribution in [3.63, 3.8) is 0 Å². The van der Waals surface area contributed by atoms with Crippen molar-refractivity contribution in [3.05, 3.63) is 36.4 Å². The second-order valence-corrected chi connectivity index (χ2v) is 2.21. The SMILES string of the molecule is C=CN/C(C)=C/C=C(/O)CC.C=N. The topological polar surface area (TPSA) is 56.1 Å². The van der Waals surface area contributed by atoms with Crippen LogP contribution in [0.4, 0.5) is 0 Å². The molecule has 0 bridgehead atoms. The van der Waals surface area contributed by atoms with E-state index in [2.05, 4.69) is 18.6 Å². The molecule has 0 aromatic heterocycles. The average Bonchev–Trinajstić information content (AvgIpc) is 2.18. The van der Waals surface area contributed by atoms with Crippen LogP contribution in [0, 0.1) is 5.41 Å². The van der Waals surface area contributed by atoms with Gasteiger partial charge in [-0.05, 0) is 32.0 Å². The van der Waals surface area contributed by atoms with Crippen LogP contribution < -0.4 is 5.32 Å². The van der Waals surface area contributed by atoms with Gasteiger partial charge in [-0.25, -0.2) is 0 Å². The Hall–Kier alpha value is -1.51. The van der Waals surface area contributed by atoms with E-state index in [0.717, 1.165) is 5.70 Å². The summed E-state index contributed by atoms with van der Waals surface area (Å²) in [6.45, 7) is 9.82. The fraction of sp³-hybridized carbons (Fsp3) is 0.300. The summed E-state index contributed by atoms with van der Waals surface area (Å²) >= 11 is 0. The normalized spacial score (nSPS) is 11.2. The minimum Gasteiger partial charge on any atom is -0.512 e. The lowest BCUT2D eigenvalue weighted by Gasteiger charge is -1.96. The molecule has 0 heterocycles. The summed E-state index contributed by atoms with van der Waals surface area (Å²) in [5.74, 6) is 0.384. The molecule has 0 fully saturated rings. The number of nitrogens with one attached hydrogen (secondary N) is 2. The minimum atomic E-state index is 0.384. The van der Waals surface area contributed by atoms with E-state index in [1.54, 1.807) is 18.4 Å². The molecule has 3 N–H and O–H groups in total. The fourth-order valence-electron chi connectivity index (χ4n) is 0.548. The zero-order chi connectivity index (χ0) is 10.7. The maximum absolute atomic E-state index is 9.04. The molecule has 3 nitrogen and oxygen atoms in total. The molecule has 0 aliphatic carbocycles. The molecule has 0 atom stereocenters. The minimum absolute atomic E-state index is 0.384. The van der Waals surface area contributed by atoms with Crippen LogP contribution in [0.3, 0.4) is 0 Å². The van der Waals surface area contributed by atoms with Crippen molar-refractivity contribution >= 4 is 6.72 Å². The van der Waals surface area contributed by atoms with Gasteiger partial charge in [-0.1, -0.05) is 13.5 Å². The molecule has 0 aromatic carbocycles. The summed E-state index contributed by atoms with van der Waals surface area (Å²) in [7, 11) is 0. The third-order valence-corrected chi connectivity index (χ3v) is 1.22. The highest BCUT2D eigenvalue weighted by Gasteiger charge is 1.84. The largest absolute Gasteiger partial charge is 0.512 e. The highest BCUT2D eigenvalue weighted by molar-refractivity contribution is 5.15. The number of aliphatic hydroxyl groups excluding tert-OH is 1. The van der Waals surface area contributed by atoms with E-state index in [1.807, 2.05) is 13.8 Å². The number of rotatable bonds is 4. The maximum Gasteiger partial charge on any atom is 0.0920 e. The van der Waals surface area contributed by atoms with Crippen molar-refractivity contribution in [1.29, 1.82) is 5.41 Å². The van der Waals surface area contributed by atoms with E-state index in [0.29, 0.717) is 12.2 Å². The molecule has 3 heteroatoms. The molecule has 13 heavy (non-hydrogen) atoms. The predicted octanol–water partition coefficient (Wildman–Crippen LogP) is 2.74. The molecule has 0 aliphatic heterocycles. The van der Waals surface area contributed by atoms with Gasteiger partial charge in [-0.2, -0.15) is 0 Å². The van der Waals surface area contributed by atoms with Crippen LogP contribution in [0.2, 0.25) is 0 Å². The molecule has 0 unspecified atom stereocenters. The van der Waals surface area contributed by atoms with Gasteiger partial charge in [-0.3, -0.25) is 0 Å². The molecular formula is C10H18N2O. The van der Waals surface area contributed by atoms with E-state index < -0.39 is 0 Å². The molecule has 0 spiro atoms. The molecular weight excluding hydrogens is 164 g/mol. The van der Waals surface area contributed by atoms with Crippen LogP contribution in [-0.2, 0) is 0 Å². The molecule has 74 valence electrons. The fourth-order valence-corrected chi connectivity index (χ4v) is 0.548. The number of hydrogen-bond donors (Lipinski definition) is 3. The number of aliphatic hydroxyl groups is 1. The van der Waals surface area contributed by atoms with Crippen LogP contribution in [0.5, 0.6) is 0 Å². The van der Waals surface area contributed by atoms with Crippen LogP contribution >= 0.6 is 0 Å². The van der Waals surface area contributed by atoms with Crippen molar-refractivity contribution in [1.82, 2.24) is 5.32 Å². The van der Waals surface area contributed by atoms with Gasteiger partial charge in [0, 0.05) is 12.1 Å². The first-order chi connectivity index (χ1) is 6.20. The van der Waals surface area contributed by atoms with Gasteiger partial charge in [0.15, 0.2) is 0 Å². The van der Waals surface area contributed by atoms with Crippen LogP contribution in [0.1, 0.15) is 20.3 Å². The summed E-state index contributed by atoms with van der Waals surface area (Å²) < 4.78 is 0. The molecule has 0 amide bonds. The Bertz CT molecular complexity index is 195. The van der Waals surface area contributed by atoms with E-state index >= 15 is 0 Å². The summed E-state index contributed by atoms with van der Waals surface area (Å²) in [5.41, 5.74) is 0.958. The zero-order valence-corrected chi connectivity index (χ0v) is 8.30. The Labute approximate surface area is 80.0 Å². The van der Waals surface area contributed by atoms with E-state index in [1.165, 1.54) is 0 Å². The van der Waals surface area contributed by atoms with Gasteiger partial charge in [0.25, 0.3) is 0 Å². The third-order valence-electron chi connectivity index (χ3n) is 1.22. The lowest BCUT2D eigenvalue weighted by molar-refractivity contribution is 0.394. The average molecular weight is 182 g/mol. The Morgan fingerprint density at radius 3 is 2.38 bits per heavy atom. The van der Waals surface area contributed by atoms with Gasteiger partial charge in [0.05, 0.1) is 5.76 Å². The monoisotopic (exact) mass is 182 g/mol. The van der Waals surface area contributed by atoms with Crippen molar-refractivity contribution in [2.75, 3.05) is 0 Å². The van der Waals surface area contributed by atoms with Gasteiger partial charge in [0.1, 0.15) is 0 Å². The van der Waals surface area contributed by atoms with Gasteiger partial charge in [-0.15, -0.1) is 0 Å². The van der Waals surface area contributed by atoms with Crippen LogP contribution in [-0.4, -0.2) is 11.8 Å². The van der Waals surface area contributed by atoms with Gasteiger partial charge < -0.3 is 15.8 Å². The zero-order valence-electron chi connectivity index (χ0n) is 8.30. The van der Waals surface area contributed by atoms with Crippen LogP contribution in [0.15, 0.2) is 36.4 Å². The molecule has 0 aliphatic rings. The summed E-state index contributed by atoms with van der Waals surface area (Å²) in [6.07, 6.45) is 5.74. The molecule has 0 saturated carbocycles. The second-order valence-electron chi connectivity index (χ2n) is 2.21. The number of allylic oxidation sites excluding steroid dienone is 4. The summed E-state index contributed by atoms with van der Waals surface area (Å²) in [4.78, 5) is 0. The first-order valence-corrected chi connectivity index (χ1v) is 4.00. The molecule has 0 radical (unpaired) electrons. The Kier molecular flexibility index (Phi) is 11.3. The van der Waals surface area contributed by atoms with Crippen molar-refractivity contribution < 1.29 is 5.11 Å². The predicted molar refractivity (Wildman–Crippen MR) is 57.9 cm³/mol. The van der Waals surface area contributed by atoms with Crippen LogP contribution in [0.25, 0.3) is 0 Å². The highest BCUT2D eigenvalue weighted by Crippen LogP contribution is 1.96. The second kappa shape index (κ2) is 10.5. The summed E-state index contributed by atoms with van der Waals surface area (Å²) in [5, 5.41) is 17.4. The molecule has 0 saturated heterocycles. The quantitative estimate of drug-likeness (QED) is 0.356. The summed E-state index contributed by atoms with van der Waals surface area (Å²) in [6, 6.07) is 0. The van der Waals surface area contributed by atoms with Crippen molar-refractivity contribution in [2.24, 2.45) is 0 Å². The third kappa shape index (κ3) is 10.5. The first-order valence-electron chi connectivity index (χ1n) is 4.00. The Morgan fingerprint density at radius 2 is 2.00 bits per heavy atom. The maximum atomic E-state index is 9.04. The van der Waals surface area contributed by atoms with Crippen molar-refractivity contribution in [3.8, 4) is 0 Å². The lowest BCUT2D eigenvalue weighted by atomic mass is 10.3. The van der Waals surface area contributed by atoms with Crippen molar-refractivity contribution in [2.45, 2.75) is 20.3 Å². The molecule has 0 aromatic rings. The smallest absolute Gasteiger partial charge is 0.0920 e. The first kappa shape index (κ1) is 14.0. The Balaban J connectivity index is 0. The molecule has 0 rings (SSSR count). The van der Waals surface area contributed by atoms with E-state index in [9.17, 15) is 0 Å². The highest BCUT2D eigenvalue weighted by atomic mass is 16.3. The lowest BCUT2D eigenvalue weighted by Crippen LogP contribution is -1.98. The Morgan fingerprint density at radius 1 is 1.46 bits per heavy atom. The van der Waals surface area contributed by atoms with Gasteiger partial charge >= 0.3 is 0 Å². The van der Waals surface area contributed by atoms with Gasteiger partial charge in [0.2, 0.25) is 0 Å².